The van der Waals surface area contributed by atoms with Crippen molar-refractivity contribution in [2.75, 3.05) is 5.32 Å². The molecular weight excluding hydrogens is 419 g/mol. The average molecular weight is 432 g/mol. The van der Waals surface area contributed by atoms with E-state index in [1.54, 1.807) is 42.5 Å². The van der Waals surface area contributed by atoms with E-state index in [2.05, 4.69) is 10.3 Å². The van der Waals surface area contributed by atoms with Crippen molar-refractivity contribution in [3.05, 3.63) is 80.8 Å². The lowest BCUT2D eigenvalue weighted by Crippen LogP contribution is -2.13. The summed E-state index contributed by atoms with van der Waals surface area (Å²) < 4.78 is 5.81. The van der Waals surface area contributed by atoms with Crippen LogP contribution in [0, 0.1) is 6.92 Å². The number of fused-ring (bicyclic) bond motifs is 1. The minimum atomic E-state index is -0.350. The molecule has 4 rings (SSSR count). The topological polar surface area (TPSA) is 55.1 Å². The second-order valence-corrected chi connectivity index (χ2v) is 7.44. The lowest BCUT2D eigenvalue weighted by atomic mass is 10.1. The molecule has 28 heavy (non-hydrogen) atoms. The number of nitrogens with zero attached hydrogens (tertiary/aromatic N) is 1. The molecule has 3 aromatic carbocycles. The van der Waals surface area contributed by atoms with E-state index in [0.29, 0.717) is 38.3 Å². The van der Waals surface area contributed by atoms with E-state index in [-0.39, 0.29) is 10.9 Å². The third-order valence-electron chi connectivity index (χ3n) is 4.28. The zero-order valence-electron chi connectivity index (χ0n) is 14.6. The molecule has 7 heteroatoms. The largest absolute Gasteiger partial charge is 0.436 e. The number of anilines is 1. The predicted molar refractivity (Wildman–Crippen MR) is 114 cm³/mol. The molecule has 4 nitrogen and oxygen atoms in total. The number of hydrogen-bond donors (Lipinski definition) is 1. The van der Waals surface area contributed by atoms with Gasteiger partial charge in [0.2, 0.25) is 5.89 Å². The maximum Gasteiger partial charge on any atom is 0.257 e. The summed E-state index contributed by atoms with van der Waals surface area (Å²) in [7, 11) is 0. The van der Waals surface area contributed by atoms with Gasteiger partial charge in [-0.3, -0.25) is 4.79 Å². The van der Waals surface area contributed by atoms with E-state index in [9.17, 15) is 4.79 Å². The number of amides is 1. The number of nitrogens with one attached hydrogen (secondary N) is 1. The van der Waals surface area contributed by atoms with Gasteiger partial charge >= 0.3 is 0 Å². The first-order chi connectivity index (χ1) is 13.4. The molecule has 4 aromatic rings. The molecule has 0 aliphatic carbocycles. The van der Waals surface area contributed by atoms with Crippen LogP contribution >= 0.6 is 34.8 Å². The highest BCUT2D eigenvalue weighted by atomic mass is 35.5. The van der Waals surface area contributed by atoms with Crippen LogP contribution < -0.4 is 5.32 Å². The van der Waals surface area contributed by atoms with Gasteiger partial charge in [-0.15, -0.1) is 0 Å². The highest BCUT2D eigenvalue weighted by molar-refractivity contribution is 6.44. The quantitative estimate of drug-likeness (QED) is 0.379. The summed E-state index contributed by atoms with van der Waals surface area (Å²) >= 11 is 18.2. The van der Waals surface area contributed by atoms with Crippen LogP contribution in [0.25, 0.3) is 22.6 Å². The first kappa shape index (κ1) is 18.8. The second-order valence-electron chi connectivity index (χ2n) is 6.22. The van der Waals surface area contributed by atoms with Gasteiger partial charge in [-0.2, -0.15) is 0 Å². The number of hydrogen-bond acceptors (Lipinski definition) is 3. The smallest absolute Gasteiger partial charge is 0.257 e. The van der Waals surface area contributed by atoms with Crippen LogP contribution in [0.4, 0.5) is 5.69 Å². The van der Waals surface area contributed by atoms with Gasteiger partial charge in [0, 0.05) is 16.3 Å². The van der Waals surface area contributed by atoms with Gasteiger partial charge in [0.15, 0.2) is 5.58 Å². The lowest BCUT2D eigenvalue weighted by molar-refractivity contribution is 0.102. The molecule has 1 heterocycles. The molecule has 0 saturated carbocycles. The van der Waals surface area contributed by atoms with Crippen molar-refractivity contribution in [1.82, 2.24) is 4.98 Å². The number of benzene rings is 3. The molecule has 0 atom stereocenters. The highest BCUT2D eigenvalue weighted by Crippen LogP contribution is 2.30. The summed E-state index contributed by atoms with van der Waals surface area (Å²) in [5.41, 5.74) is 3.84. The molecule has 0 aliphatic rings. The van der Waals surface area contributed by atoms with Gasteiger partial charge in [0.25, 0.3) is 5.91 Å². The van der Waals surface area contributed by atoms with Gasteiger partial charge in [-0.25, -0.2) is 4.98 Å². The van der Waals surface area contributed by atoms with Crippen molar-refractivity contribution in [2.24, 2.45) is 0 Å². The van der Waals surface area contributed by atoms with Crippen molar-refractivity contribution in [3.63, 3.8) is 0 Å². The maximum atomic E-state index is 12.7. The minimum Gasteiger partial charge on any atom is -0.436 e. The number of rotatable bonds is 3. The Labute approximate surface area is 176 Å². The minimum absolute atomic E-state index is 0.214. The SMILES string of the molecule is Cc1ccc(-c2nc3cc(Cl)ccc3o2)cc1NC(=O)c1cccc(Cl)c1Cl. The Morgan fingerprint density at radius 3 is 2.68 bits per heavy atom. The van der Waals surface area contributed by atoms with Crippen molar-refractivity contribution >= 4 is 57.5 Å². The number of oxazole rings is 1. The van der Waals surface area contributed by atoms with Crippen LogP contribution in [0.15, 0.2) is 59.0 Å². The lowest BCUT2D eigenvalue weighted by Gasteiger charge is -2.11. The van der Waals surface area contributed by atoms with E-state index in [4.69, 9.17) is 39.2 Å². The molecule has 0 bridgehead atoms. The van der Waals surface area contributed by atoms with Crippen LogP contribution in [0.3, 0.4) is 0 Å². The van der Waals surface area contributed by atoms with Gasteiger partial charge in [-0.05, 0) is 55.0 Å². The van der Waals surface area contributed by atoms with Crippen molar-refractivity contribution in [1.29, 1.82) is 0 Å². The average Bonchev–Trinajstić information content (AvgIpc) is 3.08. The molecule has 140 valence electrons. The summed E-state index contributed by atoms with van der Waals surface area (Å²) in [5, 5.41) is 4.00. The zero-order valence-corrected chi connectivity index (χ0v) is 16.9. The van der Waals surface area contributed by atoms with E-state index in [1.807, 2.05) is 19.1 Å². The Kier molecular flexibility index (Phi) is 5.02. The van der Waals surface area contributed by atoms with Gasteiger partial charge in [0.05, 0.1) is 15.6 Å². The number of carbonyl (C=O) groups excluding carboxylic acids is 1. The van der Waals surface area contributed by atoms with Crippen molar-refractivity contribution < 1.29 is 9.21 Å². The normalized spacial score (nSPS) is 11.0. The second kappa shape index (κ2) is 7.47. The predicted octanol–water partition coefficient (Wildman–Crippen LogP) is 7.02. The van der Waals surface area contributed by atoms with E-state index < -0.39 is 0 Å². The number of halogens is 3. The van der Waals surface area contributed by atoms with Gasteiger partial charge in [-0.1, -0.05) is 46.9 Å². The van der Waals surface area contributed by atoms with Crippen LogP contribution in [0.2, 0.25) is 15.1 Å². The monoisotopic (exact) mass is 430 g/mol. The Balaban J connectivity index is 1.68. The summed E-state index contributed by atoms with van der Waals surface area (Å²) in [4.78, 5) is 17.1. The fraction of sp³-hybridized carbons (Fsp3) is 0.0476. The molecule has 1 aromatic heterocycles. The van der Waals surface area contributed by atoms with Crippen LogP contribution in [-0.4, -0.2) is 10.9 Å². The van der Waals surface area contributed by atoms with Crippen molar-refractivity contribution in [2.45, 2.75) is 6.92 Å². The Bertz CT molecular complexity index is 1220. The molecule has 0 unspecified atom stereocenters. The first-order valence-electron chi connectivity index (χ1n) is 8.35. The van der Waals surface area contributed by atoms with Crippen LogP contribution in [0.1, 0.15) is 15.9 Å². The third kappa shape index (κ3) is 3.59. The maximum absolute atomic E-state index is 12.7. The Morgan fingerprint density at radius 1 is 1.04 bits per heavy atom. The standard InChI is InChI=1S/C21H13Cl3N2O2/c1-11-5-6-12(21-26-17-10-13(22)7-8-18(17)28-21)9-16(11)25-20(27)14-3-2-4-15(23)19(14)24/h2-10H,1H3,(H,25,27). The Hall–Kier alpha value is -2.53. The van der Waals surface area contributed by atoms with E-state index in [0.717, 1.165) is 11.1 Å². The fourth-order valence-electron chi connectivity index (χ4n) is 2.78. The third-order valence-corrected chi connectivity index (χ3v) is 5.33. The molecule has 0 aliphatic heterocycles. The molecule has 1 N–H and O–H groups in total. The van der Waals surface area contributed by atoms with E-state index in [1.165, 1.54) is 0 Å². The molecule has 0 radical (unpaired) electrons. The molecule has 0 spiro atoms. The fourth-order valence-corrected chi connectivity index (χ4v) is 3.34. The summed E-state index contributed by atoms with van der Waals surface area (Å²) in [6.45, 7) is 1.89. The van der Waals surface area contributed by atoms with Crippen LogP contribution in [0.5, 0.6) is 0 Å². The summed E-state index contributed by atoms with van der Waals surface area (Å²) in [5.74, 6) is 0.0886. The number of aromatic nitrogens is 1. The first-order valence-corrected chi connectivity index (χ1v) is 9.48. The number of carbonyl (C=O) groups is 1. The van der Waals surface area contributed by atoms with Gasteiger partial charge in [0.1, 0.15) is 5.52 Å². The van der Waals surface area contributed by atoms with E-state index >= 15 is 0 Å². The molecular formula is C21H13Cl3N2O2. The van der Waals surface area contributed by atoms with Gasteiger partial charge < -0.3 is 9.73 Å². The highest BCUT2D eigenvalue weighted by Gasteiger charge is 2.15. The number of aryl methyl sites for hydroxylation is 1. The molecule has 0 fully saturated rings. The Morgan fingerprint density at radius 2 is 1.86 bits per heavy atom. The van der Waals surface area contributed by atoms with Crippen molar-refractivity contribution in [3.8, 4) is 11.5 Å². The summed E-state index contributed by atoms with van der Waals surface area (Å²) in [6, 6.07) is 15.7. The van der Waals surface area contributed by atoms with Crippen LogP contribution in [-0.2, 0) is 0 Å². The zero-order chi connectivity index (χ0) is 19.8. The molecule has 1 amide bonds. The summed E-state index contributed by atoms with van der Waals surface area (Å²) in [6.07, 6.45) is 0. The molecule has 0 saturated heterocycles.